The highest BCUT2D eigenvalue weighted by Crippen LogP contribution is 2.12. The van der Waals surface area contributed by atoms with E-state index in [4.69, 9.17) is 19.5 Å². The van der Waals surface area contributed by atoms with Gasteiger partial charge in [0, 0.05) is 13.5 Å². The standard InChI is InChI=1S/C12H24N2O3/c1-11(9-12(2,10-13)14-3)17-8-7-16-6-5-15-4/h11,14H,5-9H2,1-4H3. The third kappa shape index (κ3) is 8.11. The van der Waals surface area contributed by atoms with Crippen LogP contribution in [0.2, 0.25) is 0 Å². The van der Waals surface area contributed by atoms with Crippen molar-refractivity contribution in [1.82, 2.24) is 5.32 Å². The van der Waals surface area contributed by atoms with E-state index in [0.29, 0.717) is 32.8 Å². The van der Waals surface area contributed by atoms with Gasteiger partial charge in [-0.3, -0.25) is 0 Å². The quantitative estimate of drug-likeness (QED) is 0.580. The molecule has 2 unspecified atom stereocenters. The fourth-order valence-corrected chi connectivity index (χ4v) is 1.39. The average molecular weight is 244 g/mol. The van der Waals surface area contributed by atoms with Crippen LogP contribution in [0.3, 0.4) is 0 Å². The Morgan fingerprint density at radius 3 is 2.47 bits per heavy atom. The Morgan fingerprint density at radius 2 is 1.94 bits per heavy atom. The summed E-state index contributed by atoms with van der Waals surface area (Å²) in [6, 6.07) is 2.24. The minimum Gasteiger partial charge on any atom is -0.382 e. The first-order valence-corrected chi connectivity index (χ1v) is 5.86. The molecular weight excluding hydrogens is 220 g/mol. The molecular formula is C12H24N2O3. The first kappa shape index (κ1) is 16.3. The molecule has 0 aromatic carbocycles. The molecule has 17 heavy (non-hydrogen) atoms. The Morgan fingerprint density at radius 1 is 1.29 bits per heavy atom. The van der Waals surface area contributed by atoms with E-state index < -0.39 is 5.54 Å². The second-order valence-electron chi connectivity index (χ2n) is 4.18. The van der Waals surface area contributed by atoms with Gasteiger partial charge in [-0.15, -0.1) is 0 Å². The Hall–Kier alpha value is -0.670. The Labute approximate surface area is 104 Å². The van der Waals surface area contributed by atoms with Crippen LogP contribution in [-0.4, -0.2) is 52.2 Å². The molecule has 100 valence electrons. The highest BCUT2D eigenvalue weighted by Gasteiger charge is 2.24. The normalized spacial score (nSPS) is 16.2. The van der Waals surface area contributed by atoms with Crippen molar-refractivity contribution >= 4 is 0 Å². The molecule has 0 aliphatic heterocycles. The number of nitrogens with zero attached hydrogens (tertiary/aromatic N) is 1. The molecule has 0 rings (SSSR count). The maximum absolute atomic E-state index is 9.00. The van der Waals surface area contributed by atoms with Crippen molar-refractivity contribution in [3.63, 3.8) is 0 Å². The van der Waals surface area contributed by atoms with Crippen molar-refractivity contribution in [3.05, 3.63) is 0 Å². The highest BCUT2D eigenvalue weighted by atomic mass is 16.5. The van der Waals surface area contributed by atoms with Crippen molar-refractivity contribution in [2.75, 3.05) is 40.6 Å². The van der Waals surface area contributed by atoms with Crippen LogP contribution in [0.15, 0.2) is 0 Å². The SMILES string of the molecule is CNC(C)(C#N)CC(C)OCCOCCOC. The zero-order chi connectivity index (χ0) is 13.1. The predicted molar refractivity (Wildman–Crippen MR) is 65.8 cm³/mol. The van der Waals surface area contributed by atoms with E-state index in [1.807, 2.05) is 13.8 Å². The molecule has 0 aliphatic carbocycles. The second-order valence-corrected chi connectivity index (χ2v) is 4.18. The van der Waals surface area contributed by atoms with E-state index >= 15 is 0 Å². The summed E-state index contributed by atoms with van der Waals surface area (Å²) in [6.45, 7) is 6.10. The molecule has 0 saturated heterocycles. The molecule has 0 amide bonds. The Bertz CT molecular complexity index is 230. The first-order chi connectivity index (χ1) is 8.08. The van der Waals surface area contributed by atoms with Crippen LogP contribution in [0.4, 0.5) is 0 Å². The van der Waals surface area contributed by atoms with Gasteiger partial charge in [-0.2, -0.15) is 5.26 Å². The lowest BCUT2D eigenvalue weighted by molar-refractivity contribution is -0.00755. The van der Waals surface area contributed by atoms with Crippen LogP contribution in [0, 0.1) is 11.3 Å². The molecule has 0 fully saturated rings. The fourth-order valence-electron chi connectivity index (χ4n) is 1.39. The van der Waals surface area contributed by atoms with Gasteiger partial charge in [-0.05, 0) is 20.9 Å². The Kier molecular flexibility index (Phi) is 9.00. The van der Waals surface area contributed by atoms with Crippen LogP contribution in [0.25, 0.3) is 0 Å². The maximum Gasteiger partial charge on any atom is 0.106 e. The number of methoxy groups -OCH3 is 1. The molecule has 2 atom stereocenters. The van der Waals surface area contributed by atoms with Crippen LogP contribution < -0.4 is 5.32 Å². The molecule has 1 N–H and O–H groups in total. The van der Waals surface area contributed by atoms with Gasteiger partial charge >= 0.3 is 0 Å². The van der Waals surface area contributed by atoms with Crippen LogP contribution >= 0.6 is 0 Å². The third-order valence-corrected chi connectivity index (χ3v) is 2.56. The summed E-state index contributed by atoms with van der Waals surface area (Å²) in [6.07, 6.45) is 0.677. The summed E-state index contributed by atoms with van der Waals surface area (Å²) in [5, 5.41) is 12.0. The van der Waals surface area contributed by atoms with Crippen molar-refractivity contribution in [3.8, 4) is 6.07 Å². The van der Waals surface area contributed by atoms with Crippen molar-refractivity contribution in [2.45, 2.75) is 31.9 Å². The van der Waals surface area contributed by atoms with E-state index in [1.165, 1.54) is 0 Å². The molecule has 0 heterocycles. The summed E-state index contributed by atoms with van der Waals surface area (Å²) in [5.74, 6) is 0. The van der Waals surface area contributed by atoms with Gasteiger partial charge in [0.2, 0.25) is 0 Å². The second kappa shape index (κ2) is 9.37. The number of nitriles is 1. The van der Waals surface area contributed by atoms with Gasteiger partial charge < -0.3 is 19.5 Å². The molecule has 0 spiro atoms. The number of hydrogen-bond acceptors (Lipinski definition) is 5. The molecule has 0 aromatic heterocycles. The van der Waals surface area contributed by atoms with Crippen LogP contribution in [0.5, 0.6) is 0 Å². The van der Waals surface area contributed by atoms with Gasteiger partial charge in [0.1, 0.15) is 5.54 Å². The monoisotopic (exact) mass is 244 g/mol. The molecule has 0 aromatic rings. The molecule has 0 saturated carbocycles. The van der Waals surface area contributed by atoms with Crippen LogP contribution in [0.1, 0.15) is 20.3 Å². The van der Waals surface area contributed by atoms with Gasteiger partial charge in [0.05, 0.1) is 38.6 Å². The zero-order valence-corrected chi connectivity index (χ0v) is 11.3. The summed E-state index contributed by atoms with van der Waals surface area (Å²) in [4.78, 5) is 0. The van der Waals surface area contributed by atoms with Gasteiger partial charge in [-0.25, -0.2) is 0 Å². The molecule has 0 radical (unpaired) electrons. The minimum absolute atomic E-state index is 0.0260. The van der Waals surface area contributed by atoms with Crippen molar-refractivity contribution < 1.29 is 14.2 Å². The van der Waals surface area contributed by atoms with Gasteiger partial charge in [-0.1, -0.05) is 0 Å². The lowest BCUT2D eigenvalue weighted by Gasteiger charge is -2.24. The van der Waals surface area contributed by atoms with E-state index in [9.17, 15) is 0 Å². The fraction of sp³-hybridized carbons (Fsp3) is 0.917. The zero-order valence-electron chi connectivity index (χ0n) is 11.3. The average Bonchev–Trinajstić information content (AvgIpc) is 2.33. The molecule has 0 aliphatic rings. The van der Waals surface area contributed by atoms with E-state index in [2.05, 4.69) is 11.4 Å². The lowest BCUT2D eigenvalue weighted by atomic mass is 9.97. The molecule has 5 heteroatoms. The Balaban J connectivity index is 3.59. The van der Waals surface area contributed by atoms with E-state index in [-0.39, 0.29) is 6.10 Å². The van der Waals surface area contributed by atoms with Crippen LogP contribution in [-0.2, 0) is 14.2 Å². The van der Waals surface area contributed by atoms with Crippen molar-refractivity contribution in [1.29, 1.82) is 5.26 Å². The number of nitrogens with one attached hydrogen (secondary N) is 1. The predicted octanol–water partition coefficient (Wildman–Crippen LogP) is 0.946. The number of rotatable bonds is 10. The number of hydrogen-bond donors (Lipinski definition) is 1. The lowest BCUT2D eigenvalue weighted by Crippen LogP contribution is -2.41. The van der Waals surface area contributed by atoms with Gasteiger partial charge in [0.25, 0.3) is 0 Å². The highest BCUT2D eigenvalue weighted by molar-refractivity contribution is 5.03. The smallest absolute Gasteiger partial charge is 0.106 e. The molecule has 5 nitrogen and oxygen atoms in total. The first-order valence-electron chi connectivity index (χ1n) is 5.86. The summed E-state index contributed by atoms with van der Waals surface area (Å²) >= 11 is 0. The van der Waals surface area contributed by atoms with E-state index in [1.54, 1.807) is 14.2 Å². The van der Waals surface area contributed by atoms with Gasteiger partial charge in [0.15, 0.2) is 0 Å². The maximum atomic E-state index is 9.00. The summed E-state index contributed by atoms with van der Waals surface area (Å²) in [5.41, 5.74) is -0.531. The third-order valence-electron chi connectivity index (χ3n) is 2.56. The molecule has 0 bridgehead atoms. The topological polar surface area (TPSA) is 63.5 Å². The summed E-state index contributed by atoms with van der Waals surface area (Å²) < 4.78 is 15.7. The minimum atomic E-state index is -0.531. The van der Waals surface area contributed by atoms with Crippen molar-refractivity contribution in [2.24, 2.45) is 0 Å². The van der Waals surface area contributed by atoms with E-state index in [0.717, 1.165) is 0 Å². The number of ether oxygens (including phenoxy) is 3. The summed E-state index contributed by atoms with van der Waals surface area (Å²) in [7, 11) is 3.42. The largest absolute Gasteiger partial charge is 0.382 e.